The van der Waals surface area contributed by atoms with Gasteiger partial charge in [0.1, 0.15) is 5.75 Å². The highest BCUT2D eigenvalue weighted by atomic mass is 79.9. The van der Waals surface area contributed by atoms with Gasteiger partial charge in [-0.15, -0.1) is 11.3 Å². The average Bonchev–Trinajstić information content (AvgIpc) is 2.70. The van der Waals surface area contributed by atoms with Crippen molar-refractivity contribution in [1.29, 1.82) is 0 Å². The molecule has 2 rings (SSSR count). The van der Waals surface area contributed by atoms with Crippen LogP contribution in [0.1, 0.15) is 15.9 Å². The van der Waals surface area contributed by atoms with E-state index in [1.165, 1.54) is 30.6 Å². The summed E-state index contributed by atoms with van der Waals surface area (Å²) in [6.07, 6.45) is 0. The quantitative estimate of drug-likeness (QED) is 0.557. The third-order valence-corrected chi connectivity index (χ3v) is 5.33. The van der Waals surface area contributed by atoms with Crippen LogP contribution in [0.3, 0.4) is 0 Å². The van der Waals surface area contributed by atoms with Crippen LogP contribution in [0.25, 0.3) is 0 Å². The highest BCUT2D eigenvalue weighted by Crippen LogP contribution is 2.36. The van der Waals surface area contributed by atoms with Crippen LogP contribution >= 0.6 is 66.4 Å². The number of halogens is 4. The second kappa shape index (κ2) is 6.14. The van der Waals surface area contributed by atoms with Crippen LogP contribution in [0.2, 0.25) is 10.0 Å². The van der Waals surface area contributed by atoms with E-state index in [4.69, 9.17) is 27.9 Å². The zero-order valence-electron chi connectivity index (χ0n) is 9.47. The van der Waals surface area contributed by atoms with Gasteiger partial charge in [0.15, 0.2) is 5.78 Å². The number of hydrogen-bond donors (Lipinski definition) is 0. The van der Waals surface area contributed by atoms with Crippen molar-refractivity contribution in [3.05, 3.63) is 46.9 Å². The number of thiophene rings is 1. The van der Waals surface area contributed by atoms with E-state index in [9.17, 15) is 4.79 Å². The second-order valence-electron chi connectivity index (χ2n) is 3.53. The molecule has 0 saturated heterocycles. The Bertz CT molecular complexity index is 655. The van der Waals surface area contributed by atoms with Crippen molar-refractivity contribution in [2.24, 2.45) is 0 Å². The van der Waals surface area contributed by atoms with Crippen LogP contribution in [0.15, 0.2) is 25.8 Å². The predicted octanol–water partition coefficient (Wildman–Crippen LogP) is 5.82. The molecule has 0 amide bonds. The van der Waals surface area contributed by atoms with Gasteiger partial charge in [0.25, 0.3) is 0 Å². The van der Waals surface area contributed by atoms with Crippen LogP contribution in [-0.2, 0) is 0 Å². The summed E-state index contributed by atoms with van der Waals surface area (Å²) in [5, 5.41) is 0.654. The molecule has 1 heterocycles. The lowest BCUT2D eigenvalue weighted by molar-refractivity contribution is 0.103. The summed E-state index contributed by atoms with van der Waals surface area (Å²) in [5.41, 5.74) is 0.887. The maximum Gasteiger partial charge on any atom is 0.196 e. The van der Waals surface area contributed by atoms with E-state index in [1.54, 1.807) is 6.07 Å². The third-order valence-electron chi connectivity index (χ3n) is 2.39. The van der Waals surface area contributed by atoms with Gasteiger partial charge in [-0.3, -0.25) is 4.79 Å². The summed E-state index contributed by atoms with van der Waals surface area (Å²) in [6, 6.07) is 4.79. The van der Waals surface area contributed by atoms with Gasteiger partial charge in [-0.25, -0.2) is 0 Å². The van der Waals surface area contributed by atoms with E-state index >= 15 is 0 Å². The predicted molar refractivity (Wildman–Crippen MR) is 86.2 cm³/mol. The maximum absolute atomic E-state index is 12.4. The zero-order valence-corrected chi connectivity index (χ0v) is 15.0. The minimum Gasteiger partial charge on any atom is -0.495 e. The normalized spacial score (nSPS) is 10.6. The lowest BCUT2D eigenvalue weighted by Gasteiger charge is -2.07. The van der Waals surface area contributed by atoms with Crippen molar-refractivity contribution in [3.63, 3.8) is 0 Å². The summed E-state index contributed by atoms with van der Waals surface area (Å²) in [7, 11) is 1.49. The summed E-state index contributed by atoms with van der Waals surface area (Å²) < 4.78 is 6.65. The number of hydrogen-bond acceptors (Lipinski definition) is 3. The minimum absolute atomic E-state index is 0.191. The molecule has 0 aliphatic heterocycles. The Morgan fingerprint density at radius 1 is 1.16 bits per heavy atom. The van der Waals surface area contributed by atoms with Crippen molar-refractivity contribution in [1.82, 2.24) is 0 Å². The highest BCUT2D eigenvalue weighted by molar-refractivity contribution is 9.12. The first-order chi connectivity index (χ1) is 8.93. The molecule has 0 spiro atoms. The van der Waals surface area contributed by atoms with Crippen molar-refractivity contribution < 1.29 is 9.53 Å². The van der Waals surface area contributed by atoms with Gasteiger partial charge < -0.3 is 4.74 Å². The molecule has 0 atom stereocenters. The topological polar surface area (TPSA) is 26.3 Å². The molecule has 1 aromatic heterocycles. The van der Waals surface area contributed by atoms with E-state index in [0.29, 0.717) is 26.9 Å². The van der Waals surface area contributed by atoms with Gasteiger partial charge >= 0.3 is 0 Å². The molecule has 19 heavy (non-hydrogen) atoms. The Balaban J connectivity index is 2.50. The zero-order chi connectivity index (χ0) is 14.2. The van der Waals surface area contributed by atoms with Crippen LogP contribution in [-0.4, -0.2) is 12.9 Å². The first-order valence-corrected chi connectivity index (χ1v) is 8.12. The molecule has 100 valence electrons. The second-order valence-corrected chi connectivity index (χ2v) is 8.10. The number of methoxy groups -OCH3 is 1. The molecule has 2 nitrogen and oxygen atoms in total. The van der Waals surface area contributed by atoms with Crippen molar-refractivity contribution in [2.45, 2.75) is 0 Å². The van der Waals surface area contributed by atoms with Gasteiger partial charge in [0, 0.05) is 17.2 Å². The number of rotatable bonds is 3. The van der Waals surface area contributed by atoms with Crippen molar-refractivity contribution in [2.75, 3.05) is 7.11 Å². The smallest absolute Gasteiger partial charge is 0.196 e. The molecule has 0 aliphatic rings. The highest BCUT2D eigenvalue weighted by Gasteiger charge is 2.20. The van der Waals surface area contributed by atoms with Crippen LogP contribution < -0.4 is 4.74 Å². The summed E-state index contributed by atoms with van der Waals surface area (Å²) >= 11 is 20.2. The number of carbonyl (C=O) groups excluding carboxylic acids is 1. The summed E-state index contributed by atoms with van der Waals surface area (Å²) in [6.45, 7) is 0. The molecule has 1 aromatic carbocycles. The Kier molecular flexibility index (Phi) is 4.95. The molecule has 0 unspecified atom stereocenters. The molecule has 0 N–H and O–H groups in total. The minimum atomic E-state index is -0.191. The monoisotopic (exact) mass is 442 g/mol. The largest absolute Gasteiger partial charge is 0.495 e. The Morgan fingerprint density at radius 3 is 2.37 bits per heavy atom. The van der Waals surface area contributed by atoms with Gasteiger partial charge in [-0.2, -0.15) is 0 Å². The number of carbonyl (C=O) groups is 1. The van der Waals surface area contributed by atoms with E-state index in [0.717, 1.165) is 7.57 Å². The number of ether oxygens (including phenoxy) is 1. The van der Waals surface area contributed by atoms with Gasteiger partial charge in [0.2, 0.25) is 0 Å². The molecule has 0 fully saturated rings. The van der Waals surface area contributed by atoms with Gasteiger partial charge in [-0.05, 0) is 44.0 Å². The van der Waals surface area contributed by atoms with E-state index < -0.39 is 0 Å². The lowest BCUT2D eigenvalue weighted by atomic mass is 10.1. The fourth-order valence-corrected chi connectivity index (χ4v) is 4.77. The number of benzene rings is 1. The van der Waals surface area contributed by atoms with Crippen LogP contribution in [0, 0.1) is 0 Å². The maximum atomic E-state index is 12.4. The molecular weight excluding hydrogens is 439 g/mol. The third kappa shape index (κ3) is 3.16. The SMILES string of the molecule is COc1cc(Cl)c(C(=O)c2cc(Br)sc2Br)cc1Cl. The molecule has 0 saturated carbocycles. The first kappa shape index (κ1) is 15.3. The van der Waals surface area contributed by atoms with E-state index in [2.05, 4.69) is 31.9 Å². The average molecular weight is 445 g/mol. The lowest BCUT2D eigenvalue weighted by Crippen LogP contribution is -2.02. The molecule has 2 aromatic rings. The molecule has 0 aliphatic carbocycles. The van der Waals surface area contributed by atoms with Crippen LogP contribution in [0.5, 0.6) is 5.75 Å². The fourth-order valence-electron chi connectivity index (χ4n) is 1.50. The summed E-state index contributed by atoms with van der Waals surface area (Å²) in [5.74, 6) is 0.247. The Labute approximate surface area is 140 Å². The van der Waals surface area contributed by atoms with Gasteiger partial charge in [0.05, 0.1) is 24.7 Å². The Hall–Kier alpha value is -0.0700. The summed E-state index contributed by atoms with van der Waals surface area (Å²) in [4.78, 5) is 12.4. The number of ketones is 1. The van der Waals surface area contributed by atoms with E-state index in [1.807, 2.05) is 0 Å². The van der Waals surface area contributed by atoms with Crippen LogP contribution in [0.4, 0.5) is 0 Å². The fraction of sp³-hybridized carbons (Fsp3) is 0.0833. The standard InChI is InChI=1S/C12H6Br2Cl2O2S/c1-18-9-4-7(15)5(2-8(9)16)11(17)6-3-10(13)19-12(6)14/h2-4H,1H3. The molecule has 0 radical (unpaired) electrons. The van der Waals surface area contributed by atoms with E-state index in [-0.39, 0.29) is 5.78 Å². The molecule has 0 bridgehead atoms. The van der Waals surface area contributed by atoms with Crippen molar-refractivity contribution >= 4 is 72.2 Å². The Morgan fingerprint density at radius 2 is 1.84 bits per heavy atom. The van der Waals surface area contributed by atoms with Gasteiger partial charge in [-0.1, -0.05) is 23.2 Å². The van der Waals surface area contributed by atoms with Crippen molar-refractivity contribution in [3.8, 4) is 5.75 Å². The molecule has 7 heteroatoms. The molecular formula is C12H6Br2Cl2O2S. The first-order valence-electron chi connectivity index (χ1n) is 4.96.